The van der Waals surface area contributed by atoms with E-state index in [4.69, 9.17) is 38.9 Å². The highest BCUT2D eigenvalue weighted by Crippen LogP contribution is 2.04. The number of rotatable bonds is 17. The molecular weight excluding hydrogens is 468 g/mol. The molecule has 17 nitrogen and oxygen atoms in total. The topological polar surface area (TPSA) is 317 Å². The molecule has 0 heterocycles. The van der Waals surface area contributed by atoms with Gasteiger partial charge in [0.05, 0.1) is 12.5 Å². The molecule has 15 N–H and O–H groups in total. The van der Waals surface area contributed by atoms with Crippen molar-refractivity contribution in [3.8, 4) is 0 Å². The van der Waals surface area contributed by atoms with E-state index in [2.05, 4.69) is 25.9 Å². The lowest BCUT2D eigenvalue weighted by atomic mass is 10.1. The van der Waals surface area contributed by atoms with E-state index >= 15 is 0 Å². The number of carbonyl (C=O) groups excluding carboxylic acids is 3. The first kappa shape index (κ1) is 30.8. The van der Waals surface area contributed by atoms with Gasteiger partial charge in [-0.3, -0.25) is 34.0 Å². The average molecular weight is 503 g/mol. The van der Waals surface area contributed by atoms with Crippen molar-refractivity contribution < 1.29 is 34.2 Å². The van der Waals surface area contributed by atoms with Gasteiger partial charge in [-0.2, -0.15) is 0 Å². The van der Waals surface area contributed by atoms with Gasteiger partial charge in [0.1, 0.15) is 18.6 Å². The second-order valence-electron chi connectivity index (χ2n) is 7.34. The highest BCUT2D eigenvalue weighted by molar-refractivity contribution is 5.94. The maximum absolute atomic E-state index is 12.9. The Hall–Kier alpha value is -4.15. The fraction of sp³-hybridized carbons (Fsp3) is 0.611. The van der Waals surface area contributed by atoms with E-state index in [9.17, 15) is 24.0 Å². The van der Waals surface area contributed by atoms with E-state index in [-0.39, 0.29) is 50.7 Å². The first-order chi connectivity index (χ1) is 16.3. The van der Waals surface area contributed by atoms with Gasteiger partial charge in [0, 0.05) is 13.1 Å². The molecule has 0 aromatic rings. The number of hydrogen-bond donors (Lipinski definition) is 10. The van der Waals surface area contributed by atoms with Crippen molar-refractivity contribution in [1.82, 2.24) is 16.0 Å². The van der Waals surface area contributed by atoms with Crippen LogP contribution >= 0.6 is 0 Å². The minimum absolute atomic E-state index is 0.0195. The Morgan fingerprint density at radius 3 is 1.60 bits per heavy atom. The number of aliphatic carboxylic acids is 2. The standard InChI is InChI=1S/C18H34N10O7/c19-9(7-12(29)30)14(33)27-11(4-2-6-25-18(22)23)16(35)28-10(3-1-5-24-17(20)21)15(34)26-8-13(31)32/h9-11H,1-8,19H2,(H,26,34)(H,27,33)(H,28,35)(H,29,30)(H,31,32)(H4,20,21,24)(H4,22,23,25). The molecule has 3 unspecified atom stereocenters. The number of nitrogens with one attached hydrogen (secondary N) is 3. The molecule has 0 spiro atoms. The van der Waals surface area contributed by atoms with E-state index < -0.39 is 60.8 Å². The Bertz CT molecular complexity index is 809. The Balaban J connectivity index is 5.47. The molecule has 0 aliphatic rings. The van der Waals surface area contributed by atoms with Crippen molar-refractivity contribution >= 4 is 41.6 Å². The van der Waals surface area contributed by atoms with Crippen molar-refractivity contribution in [1.29, 1.82) is 0 Å². The Morgan fingerprint density at radius 2 is 1.17 bits per heavy atom. The van der Waals surface area contributed by atoms with Gasteiger partial charge in [0.15, 0.2) is 11.9 Å². The zero-order valence-corrected chi connectivity index (χ0v) is 19.1. The summed E-state index contributed by atoms with van der Waals surface area (Å²) in [5.41, 5.74) is 26.6. The second-order valence-corrected chi connectivity index (χ2v) is 7.34. The van der Waals surface area contributed by atoms with Crippen LogP contribution in [0.3, 0.4) is 0 Å². The Kier molecular flexibility index (Phi) is 14.5. The number of aliphatic imine (C=N–C) groups is 2. The molecular formula is C18H34N10O7. The molecule has 0 aliphatic carbocycles. The van der Waals surface area contributed by atoms with Gasteiger partial charge in [0.25, 0.3) is 0 Å². The minimum atomic E-state index is -1.42. The normalized spacial score (nSPS) is 12.8. The van der Waals surface area contributed by atoms with E-state index in [0.717, 1.165) is 0 Å². The van der Waals surface area contributed by atoms with Gasteiger partial charge in [-0.1, -0.05) is 0 Å². The SMILES string of the molecule is NC(N)=NCCCC(NC(=O)C(N)CC(=O)O)C(=O)NC(CCCN=C(N)N)C(=O)NCC(=O)O. The smallest absolute Gasteiger partial charge is 0.322 e. The lowest BCUT2D eigenvalue weighted by Gasteiger charge is -2.24. The van der Waals surface area contributed by atoms with Crippen molar-refractivity contribution in [3.63, 3.8) is 0 Å². The van der Waals surface area contributed by atoms with Crippen molar-refractivity contribution in [2.75, 3.05) is 19.6 Å². The summed E-state index contributed by atoms with van der Waals surface area (Å²) in [4.78, 5) is 66.8. The second kappa shape index (κ2) is 16.5. The number of hydrogen-bond acceptors (Lipinski definition) is 8. The number of carbonyl (C=O) groups is 5. The molecule has 0 aliphatic heterocycles. The molecule has 0 rings (SSSR count). The highest BCUT2D eigenvalue weighted by Gasteiger charge is 2.28. The summed E-state index contributed by atoms with van der Waals surface area (Å²) in [6.07, 6.45) is -0.106. The molecule has 0 saturated carbocycles. The van der Waals surface area contributed by atoms with Gasteiger partial charge >= 0.3 is 11.9 Å². The van der Waals surface area contributed by atoms with Gasteiger partial charge in [-0.25, -0.2) is 0 Å². The van der Waals surface area contributed by atoms with Crippen LogP contribution in [0.2, 0.25) is 0 Å². The predicted molar refractivity (Wildman–Crippen MR) is 125 cm³/mol. The maximum atomic E-state index is 12.9. The van der Waals surface area contributed by atoms with Crippen LogP contribution < -0.4 is 44.6 Å². The van der Waals surface area contributed by atoms with E-state index in [1.807, 2.05) is 0 Å². The molecule has 0 aromatic carbocycles. The monoisotopic (exact) mass is 502 g/mol. The summed E-state index contributed by atoms with van der Waals surface area (Å²) < 4.78 is 0. The Morgan fingerprint density at radius 1 is 0.714 bits per heavy atom. The first-order valence-corrected chi connectivity index (χ1v) is 10.5. The number of nitrogens with two attached hydrogens (primary N) is 5. The van der Waals surface area contributed by atoms with Crippen LogP contribution in [-0.2, 0) is 24.0 Å². The van der Waals surface area contributed by atoms with Crippen molar-refractivity contribution in [2.45, 2.75) is 50.2 Å². The molecule has 17 heteroatoms. The lowest BCUT2D eigenvalue weighted by Crippen LogP contribution is -2.56. The zero-order chi connectivity index (χ0) is 27.0. The zero-order valence-electron chi connectivity index (χ0n) is 19.1. The van der Waals surface area contributed by atoms with E-state index in [1.165, 1.54) is 0 Å². The largest absolute Gasteiger partial charge is 0.481 e. The predicted octanol–water partition coefficient (Wildman–Crippen LogP) is -4.93. The average Bonchev–Trinajstić information content (AvgIpc) is 2.74. The molecule has 3 amide bonds. The fourth-order valence-electron chi connectivity index (χ4n) is 2.66. The molecule has 0 fully saturated rings. The summed E-state index contributed by atoms with van der Waals surface area (Å²) >= 11 is 0. The van der Waals surface area contributed by atoms with Crippen LogP contribution in [0.25, 0.3) is 0 Å². The molecule has 0 saturated heterocycles. The first-order valence-electron chi connectivity index (χ1n) is 10.5. The van der Waals surface area contributed by atoms with Crippen LogP contribution in [-0.4, -0.2) is 89.6 Å². The van der Waals surface area contributed by atoms with Gasteiger partial charge in [-0.05, 0) is 25.7 Å². The number of carboxylic acids is 2. The summed E-state index contributed by atoms with van der Waals surface area (Å²) in [6.45, 7) is -0.407. The number of carboxylic acid groups (broad SMARTS) is 2. The fourth-order valence-corrected chi connectivity index (χ4v) is 2.66. The Labute approximate surface area is 200 Å². The lowest BCUT2D eigenvalue weighted by molar-refractivity contribution is -0.140. The number of nitrogens with zero attached hydrogens (tertiary/aromatic N) is 2. The summed E-state index contributed by atoms with van der Waals surface area (Å²) in [7, 11) is 0. The van der Waals surface area contributed by atoms with Crippen LogP contribution in [0.15, 0.2) is 9.98 Å². The van der Waals surface area contributed by atoms with Crippen molar-refractivity contribution in [2.24, 2.45) is 38.7 Å². The molecule has 0 radical (unpaired) electrons. The van der Waals surface area contributed by atoms with Crippen LogP contribution in [0.1, 0.15) is 32.1 Å². The van der Waals surface area contributed by atoms with Crippen LogP contribution in [0, 0.1) is 0 Å². The molecule has 0 bridgehead atoms. The number of guanidine groups is 2. The van der Waals surface area contributed by atoms with Crippen molar-refractivity contribution in [3.05, 3.63) is 0 Å². The van der Waals surface area contributed by atoms with Crippen LogP contribution in [0.5, 0.6) is 0 Å². The van der Waals surface area contributed by atoms with E-state index in [1.54, 1.807) is 0 Å². The third-order valence-corrected chi connectivity index (χ3v) is 4.30. The van der Waals surface area contributed by atoms with E-state index in [0.29, 0.717) is 0 Å². The quantitative estimate of drug-likeness (QED) is 0.0508. The summed E-state index contributed by atoms with van der Waals surface area (Å²) in [6, 6.07) is -3.82. The molecule has 0 aromatic heterocycles. The minimum Gasteiger partial charge on any atom is -0.481 e. The third kappa shape index (κ3) is 15.3. The maximum Gasteiger partial charge on any atom is 0.322 e. The third-order valence-electron chi connectivity index (χ3n) is 4.30. The molecule has 35 heavy (non-hydrogen) atoms. The molecule has 3 atom stereocenters. The number of amides is 3. The summed E-state index contributed by atoms with van der Waals surface area (Å²) in [5.74, 6) is -5.40. The van der Waals surface area contributed by atoms with Gasteiger partial charge < -0.3 is 54.8 Å². The highest BCUT2D eigenvalue weighted by atomic mass is 16.4. The van der Waals surface area contributed by atoms with Gasteiger partial charge in [0.2, 0.25) is 17.7 Å². The molecule has 198 valence electrons. The van der Waals surface area contributed by atoms with Crippen LogP contribution in [0.4, 0.5) is 0 Å². The van der Waals surface area contributed by atoms with Gasteiger partial charge in [-0.15, -0.1) is 0 Å². The summed E-state index contributed by atoms with van der Waals surface area (Å²) in [5, 5.41) is 24.6.